The lowest BCUT2D eigenvalue weighted by Gasteiger charge is -2.05. The van der Waals surface area contributed by atoms with Crippen LogP contribution in [-0.4, -0.2) is 25.8 Å². The van der Waals surface area contributed by atoms with Crippen molar-refractivity contribution < 1.29 is 9.90 Å². The third-order valence-electron chi connectivity index (χ3n) is 2.53. The van der Waals surface area contributed by atoms with Gasteiger partial charge in [0.25, 0.3) is 0 Å². The third kappa shape index (κ3) is 1.54. The first-order chi connectivity index (χ1) is 7.50. The standard InChI is InChI=1S/C11H13N3O2/c1-6(2)9-8-4-7(11(15)16)5-12-10(8)13-14(9)3/h4-6H,1-3H3,(H,15,16). The molecular weight excluding hydrogens is 206 g/mol. The summed E-state index contributed by atoms with van der Waals surface area (Å²) in [4.78, 5) is 14.9. The van der Waals surface area contributed by atoms with Crippen LogP contribution in [0.3, 0.4) is 0 Å². The number of hydrogen-bond donors (Lipinski definition) is 1. The summed E-state index contributed by atoms with van der Waals surface area (Å²) in [5.41, 5.74) is 1.80. The summed E-state index contributed by atoms with van der Waals surface area (Å²) in [6.45, 7) is 4.09. The molecule has 0 saturated heterocycles. The van der Waals surface area contributed by atoms with Gasteiger partial charge in [-0.25, -0.2) is 9.78 Å². The Morgan fingerprint density at radius 3 is 2.75 bits per heavy atom. The Bertz CT molecular complexity index is 558. The van der Waals surface area contributed by atoms with Gasteiger partial charge in [-0.1, -0.05) is 13.8 Å². The van der Waals surface area contributed by atoms with E-state index in [1.165, 1.54) is 6.20 Å². The van der Waals surface area contributed by atoms with Crippen molar-refractivity contribution in [1.82, 2.24) is 14.8 Å². The second-order valence-electron chi connectivity index (χ2n) is 4.06. The maximum absolute atomic E-state index is 10.9. The fourth-order valence-corrected chi connectivity index (χ4v) is 1.90. The SMILES string of the molecule is CC(C)c1c2cc(C(=O)O)cnc2nn1C. The summed E-state index contributed by atoms with van der Waals surface area (Å²) in [5.74, 6) is -0.686. The normalized spacial score (nSPS) is 11.2. The van der Waals surface area contributed by atoms with E-state index in [0.29, 0.717) is 5.65 Å². The van der Waals surface area contributed by atoms with Crippen molar-refractivity contribution >= 4 is 17.0 Å². The van der Waals surface area contributed by atoms with Gasteiger partial charge >= 0.3 is 5.97 Å². The molecule has 5 heteroatoms. The molecule has 0 fully saturated rings. The minimum absolute atomic E-state index is 0.197. The number of aromatic nitrogens is 3. The minimum atomic E-state index is -0.965. The van der Waals surface area contributed by atoms with Crippen molar-refractivity contribution in [2.75, 3.05) is 0 Å². The van der Waals surface area contributed by atoms with Gasteiger partial charge in [-0.3, -0.25) is 4.68 Å². The fraction of sp³-hybridized carbons (Fsp3) is 0.364. The van der Waals surface area contributed by atoms with E-state index in [0.717, 1.165) is 11.1 Å². The largest absolute Gasteiger partial charge is 0.478 e. The fourth-order valence-electron chi connectivity index (χ4n) is 1.90. The average Bonchev–Trinajstić information content (AvgIpc) is 2.51. The molecule has 16 heavy (non-hydrogen) atoms. The van der Waals surface area contributed by atoms with Gasteiger partial charge in [-0.15, -0.1) is 0 Å². The number of fused-ring (bicyclic) bond motifs is 1. The molecule has 84 valence electrons. The monoisotopic (exact) mass is 219 g/mol. The van der Waals surface area contributed by atoms with E-state index in [2.05, 4.69) is 10.1 Å². The maximum Gasteiger partial charge on any atom is 0.337 e. The van der Waals surface area contributed by atoms with E-state index in [1.54, 1.807) is 10.7 Å². The van der Waals surface area contributed by atoms with E-state index in [9.17, 15) is 4.79 Å². The zero-order chi connectivity index (χ0) is 11.9. The third-order valence-corrected chi connectivity index (χ3v) is 2.53. The molecule has 0 radical (unpaired) electrons. The van der Waals surface area contributed by atoms with Gasteiger partial charge in [-0.05, 0) is 12.0 Å². The first-order valence-electron chi connectivity index (χ1n) is 5.06. The van der Waals surface area contributed by atoms with Gasteiger partial charge in [0.1, 0.15) is 0 Å². The van der Waals surface area contributed by atoms with Crippen molar-refractivity contribution in [1.29, 1.82) is 0 Å². The molecule has 2 aromatic rings. The van der Waals surface area contributed by atoms with E-state index in [1.807, 2.05) is 20.9 Å². The summed E-state index contributed by atoms with van der Waals surface area (Å²) in [6, 6.07) is 1.63. The van der Waals surface area contributed by atoms with E-state index < -0.39 is 5.97 Å². The first-order valence-corrected chi connectivity index (χ1v) is 5.06. The molecule has 0 unspecified atom stereocenters. The van der Waals surface area contributed by atoms with E-state index >= 15 is 0 Å². The van der Waals surface area contributed by atoms with Crippen LogP contribution in [0.5, 0.6) is 0 Å². The van der Waals surface area contributed by atoms with Crippen LogP contribution in [0.2, 0.25) is 0 Å². The molecule has 2 aromatic heterocycles. The highest BCUT2D eigenvalue weighted by atomic mass is 16.4. The molecule has 0 aromatic carbocycles. The highest BCUT2D eigenvalue weighted by molar-refractivity contribution is 5.92. The number of carbonyl (C=O) groups is 1. The number of nitrogens with zero attached hydrogens (tertiary/aromatic N) is 3. The van der Waals surface area contributed by atoms with Crippen LogP contribution in [-0.2, 0) is 7.05 Å². The molecule has 5 nitrogen and oxygen atoms in total. The van der Waals surface area contributed by atoms with Crippen LogP contribution in [0.15, 0.2) is 12.3 Å². The Labute approximate surface area is 92.7 Å². The van der Waals surface area contributed by atoms with Crippen LogP contribution in [0.25, 0.3) is 11.0 Å². The predicted octanol–water partition coefficient (Wildman–Crippen LogP) is 1.79. The molecule has 0 aliphatic rings. The predicted molar refractivity (Wildman–Crippen MR) is 59.6 cm³/mol. The quantitative estimate of drug-likeness (QED) is 0.836. The van der Waals surface area contributed by atoms with Gasteiger partial charge in [-0.2, -0.15) is 5.10 Å². The minimum Gasteiger partial charge on any atom is -0.478 e. The Morgan fingerprint density at radius 1 is 1.50 bits per heavy atom. The second-order valence-corrected chi connectivity index (χ2v) is 4.06. The summed E-state index contributed by atoms with van der Waals surface area (Å²) in [7, 11) is 1.84. The van der Waals surface area contributed by atoms with Gasteiger partial charge in [0.05, 0.1) is 11.3 Å². The maximum atomic E-state index is 10.9. The van der Waals surface area contributed by atoms with Crippen LogP contribution in [0, 0.1) is 0 Å². The van der Waals surface area contributed by atoms with Crippen LogP contribution in [0.1, 0.15) is 35.8 Å². The lowest BCUT2D eigenvalue weighted by Crippen LogP contribution is -2.00. The zero-order valence-corrected chi connectivity index (χ0v) is 9.43. The summed E-state index contributed by atoms with van der Waals surface area (Å²) in [5, 5.41) is 14.0. The number of aryl methyl sites for hydroxylation is 1. The van der Waals surface area contributed by atoms with Gasteiger partial charge in [0, 0.05) is 18.6 Å². The summed E-state index contributed by atoms with van der Waals surface area (Å²) < 4.78 is 1.76. The van der Waals surface area contributed by atoms with Crippen molar-refractivity contribution in [2.45, 2.75) is 19.8 Å². The zero-order valence-electron chi connectivity index (χ0n) is 9.43. The lowest BCUT2D eigenvalue weighted by molar-refractivity contribution is 0.0696. The number of hydrogen-bond acceptors (Lipinski definition) is 3. The van der Waals surface area contributed by atoms with Crippen LogP contribution < -0.4 is 0 Å². The number of carboxylic acids is 1. The molecule has 1 N–H and O–H groups in total. The molecule has 2 rings (SSSR count). The smallest absolute Gasteiger partial charge is 0.337 e. The molecule has 0 aliphatic heterocycles. The molecule has 0 saturated carbocycles. The molecule has 0 bridgehead atoms. The van der Waals surface area contributed by atoms with Crippen LogP contribution in [0.4, 0.5) is 0 Å². The molecule has 0 amide bonds. The molecule has 0 spiro atoms. The highest BCUT2D eigenvalue weighted by Crippen LogP contribution is 2.24. The van der Waals surface area contributed by atoms with Gasteiger partial charge < -0.3 is 5.11 Å². The number of rotatable bonds is 2. The molecule has 0 aliphatic carbocycles. The van der Waals surface area contributed by atoms with Gasteiger partial charge in [0.2, 0.25) is 0 Å². The summed E-state index contributed by atoms with van der Waals surface area (Å²) in [6.07, 6.45) is 1.34. The van der Waals surface area contributed by atoms with Crippen molar-refractivity contribution in [3.8, 4) is 0 Å². The molecule has 0 atom stereocenters. The Hall–Kier alpha value is -1.91. The first kappa shape index (κ1) is 10.6. The molecular formula is C11H13N3O2. The van der Waals surface area contributed by atoms with Gasteiger partial charge in [0.15, 0.2) is 5.65 Å². The Balaban J connectivity index is 2.74. The topological polar surface area (TPSA) is 68.0 Å². The lowest BCUT2D eigenvalue weighted by atomic mass is 10.1. The number of pyridine rings is 1. The Kier molecular flexibility index (Phi) is 2.38. The van der Waals surface area contributed by atoms with E-state index in [-0.39, 0.29) is 11.5 Å². The van der Waals surface area contributed by atoms with Crippen molar-refractivity contribution in [2.24, 2.45) is 7.05 Å². The number of carboxylic acid groups (broad SMARTS) is 1. The Morgan fingerprint density at radius 2 is 2.19 bits per heavy atom. The highest BCUT2D eigenvalue weighted by Gasteiger charge is 2.15. The summed E-state index contributed by atoms with van der Waals surface area (Å²) >= 11 is 0. The molecule has 2 heterocycles. The van der Waals surface area contributed by atoms with Crippen molar-refractivity contribution in [3.05, 3.63) is 23.5 Å². The van der Waals surface area contributed by atoms with Crippen molar-refractivity contribution in [3.63, 3.8) is 0 Å². The average molecular weight is 219 g/mol. The second kappa shape index (κ2) is 3.59. The number of aromatic carboxylic acids is 1. The van der Waals surface area contributed by atoms with E-state index in [4.69, 9.17) is 5.11 Å². The van der Waals surface area contributed by atoms with Crippen LogP contribution >= 0.6 is 0 Å².